The molecule has 0 saturated heterocycles. The first-order chi connectivity index (χ1) is 9.10. The number of benzene rings is 1. The molecule has 2 rings (SSSR count). The van der Waals surface area contributed by atoms with E-state index < -0.39 is 11.6 Å². The lowest BCUT2D eigenvalue weighted by Gasteiger charge is -2.15. The second kappa shape index (κ2) is 5.81. The highest BCUT2D eigenvalue weighted by Gasteiger charge is 2.13. The van der Waals surface area contributed by atoms with Crippen LogP contribution in [0.1, 0.15) is 23.1 Å². The van der Waals surface area contributed by atoms with Crippen LogP contribution in [-0.2, 0) is 6.42 Å². The second-order valence-electron chi connectivity index (χ2n) is 4.20. The van der Waals surface area contributed by atoms with Crippen LogP contribution in [0.3, 0.4) is 0 Å². The number of hydrogen-bond donors (Lipinski definition) is 2. The van der Waals surface area contributed by atoms with Crippen LogP contribution in [0.25, 0.3) is 0 Å². The van der Waals surface area contributed by atoms with Gasteiger partial charge in [-0.2, -0.15) is 0 Å². The van der Waals surface area contributed by atoms with Crippen LogP contribution < -0.4 is 11.3 Å². The average Bonchev–Trinajstić information content (AvgIpc) is 2.40. The van der Waals surface area contributed by atoms with Gasteiger partial charge in [0.1, 0.15) is 5.82 Å². The zero-order chi connectivity index (χ0) is 13.8. The molecule has 0 radical (unpaired) electrons. The summed E-state index contributed by atoms with van der Waals surface area (Å²) in [6.45, 7) is 1.77. The lowest BCUT2D eigenvalue weighted by Crippen LogP contribution is -2.30. The number of nitrogens with one attached hydrogen (secondary N) is 1. The minimum atomic E-state index is -0.868. The predicted octanol–water partition coefficient (Wildman–Crippen LogP) is 1.81. The summed E-state index contributed by atoms with van der Waals surface area (Å²) in [6, 6.07) is 5.23. The standard InChI is InChI=1S/C13H14F2N4/c1-8-17-5-4-12(18-8)13(19-16)7-9-2-3-10(14)11(15)6-9/h2-6,13,19H,7,16H2,1H3. The molecule has 0 spiro atoms. The Labute approximate surface area is 109 Å². The first-order valence-corrected chi connectivity index (χ1v) is 5.79. The molecule has 19 heavy (non-hydrogen) atoms. The summed E-state index contributed by atoms with van der Waals surface area (Å²) in [7, 11) is 0. The Morgan fingerprint density at radius 3 is 2.68 bits per heavy atom. The van der Waals surface area contributed by atoms with E-state index in [0.717, 1.165) is 12.1 Å². The molecule has 0 amide bonds. The van der Waals surface area contributed by atoms with E-state index in [0.29, 0.717) is 23.5 Å². The van der Waals surface area contributed by atoms with Gasteiger partial charge in [-0.1, -0.05) is 6.07 Å². The summed E-state index contributed by atoms with van der Waals surface area (Å²) < 4.78 is 26.0. The second-order valence-corrected chi connectivity index (χ2v) is 4.20. The minimum absolute atomic E-state index is 0.286. The van der Waals surface area contributed by atoms with Crippen molar-refractivity contribution in [2.75, 3.05) is 0 Å². The molecule has 4 nitrogen and oxygen atoms in total. The van der Waals surface area contributed by atoms with Crippen LogP contribution >= 0.6 is 0 Å². The third-order valence-corrected chi connectivity index (χ3v) is 2.78. The Balaban J connectivity index is 2.21. The normalized spacial score (nSPS) is 12.4. The van der Waals surface area contributed by atoms with Crippen LogP contribution in [0, 0.1) is 18.6 Å². The number of halogens is 2. The van der Waals surface area contributed by atoms with Gasteiger partial charge in [-0.25, -0.2) is 18.7 Å². The summed E-state index contributed by atoms with van der Waals surface area (Å²) in [5, 5.41) is 0. The number of hydrogen-bond acceptors (Lipinski definition) is 4. The maximum atomic E-state index is 13.1. The van der Waals surface area contributed by atoms with E-state index in [4.69, 9.17) is 5.84 Å². The number of nitrogens with zero attached hydrogens (tertiary/aromatic N) is 2. The van der Waals surface area contributed by atoms with Crippen LogP contribution in [0.2, 0.25) is 0 Å². The van der Waals surface area contributed by atoms with Gasteiger partial charge in [0.05, 0.1) is 11.7 Å². The van der Waals surface area contributed by atoms with Crippen LogP contribution in [0.5, 0.6) is 0 Å². The smallest absolute Gasteiger partial charge is 0.159 e. The number of hydrazine groups is 1. The molecule has 6 heteroatoms. The summed E-state index contributed by atoms with van der Waals surface area (Å²) in [5.41, 5.74) is 3.97. The van der Waals surface area contributed by atoms with Gasteiger partial charge in [-0.3, -0.25) is 11.3 Å². The molecule has 0 fully saturated rings. The fourth-order valence-corrected chi connectivity index (χ4v) is 1.82. The maximum absolute atomic E-state index is 13.1. The zero-order valence-corrected chi connectivity index (χ0v) is 10.4. The molecular formula is C13H14F2N4. The van der Waals surface area contributed by atoms with E-state index in [1.54, 1.807) is 19.2 Å². The van der Waals surface area contributed by atoms with Crippen molar-refractivity contribution in [1.82, 2.24) is 15.4 Å². The van der Waals surface area contributed by atoms with Crippen LogP contribution in [0.15, 0.2) is 30.5 Å². The SMILES string of the molecule is Cc1nccc(C(Cc2ccc(F)c(F)c2)NN)n1. The van der Waals surface area contributed by atoms with Gasteiger partial charge in [0, 0.05) is 6.20 Å². The molecule has 1 aromatic carbocycles. The van der Waals surface area contributed by atoms with Crippen molar-refractivity contribution in [3.63, 3.8) is 0 Å². The van der Waals surface area contributed by atoms with E-state index >= 15 is 0 Å². The first-order valence-electron chi connectivity index (χ1n) is 5.79. The van der Waals surface area contributed by atoms with Crippen molar-refractivity contribution in [2.45, 2.75) is 19.4 Å². The maximum Gasteiger partial charge on any atom is 0.159 e. The molecular weight excluding hydrogens is 250 g/mol. The summed E-state index contributed by atoms with van der Waals surface area (Å²) in [5.74, 6) is 4.39. The van der Waals surface area contributed by atoms with Crippen molar-refractivity contribution >= 4 is 0 Å². The zero-order valence-electron chi connectivity index (χ0n) is 10.4. The van der Waals surface area contributed by atoms with Crippen molar-refractivity contribution in [3.05, 3.63) is 59.2 Å². The van der Waals surface area contributed by atoms with Gasteiger partial charge >= 0.3 is 0 Å². The Kier molecular flexibility index (Phi) is 4.13. The van der Waals surface area contributed by atoms with Gasteiger partial charge < -0.3 is 0 Å². The molecule has 0 aliphatic rings. The van der Waals surface area contributed by atoms with E-state index in [-0.39, 0.29) is 6.04 Å². The molecule has 2 aromatic rings. The van der Waals surface area contributed by atoms with Gasteiger partial charge in [0.25, 0.3) is 0 Å². The van der Waals surface area contributed by atoms with Gasteiger partial charge in [0.15, 0.2) is 11.6 Å². The monoisotopic (exact) mass is 264 g/mol. The van der Waals surface area contributed by atoms with Gasteiger partial charge in [-0.15, -0.1) is 0 Å². The Morgan fingerprint density at radius 1 is 1.26 bits per heavy atom. The van der Waals surface area contributed by atoms with Crippen molar-refractivity contribution in [2.24, 2.45) is 5.84 Å². The quantitative estimate of drug-likeness (QED) is 0.653. The summed E-state index contributed by atoms with van der Waals surface area (Å²) >= 11 is 0. The summed E-state index contributed by atoms with van der Waals surface area (Å²) in [4.78, 5) is 8.26. The highest BCUT2D eigenvalue weighted by molar-refractivity contribution is 5.21. The molecule has 0 aliphatic heterocycles. The van der Waals surface area contributed by atoms with Crippen LogP contribution in [-0.4, -0.2) is 9.97 Å². The molecule has 100 valence electrons. The fraction of sp³-hybridized carbons (Fsp3) is 0.231. The van der Waals surface area contributed by atoms with Crippen molar-refractivity contribution in [1.29, 1.82) is 0 Å². The number of rotatable bonds is 4. The number of aryl methyl sites for hydroxylation is 1. The molecule has 1 heterocycles. The van der Waals surface area contributed by atoms with E-state index in [1.165, 1.54) is 6.07 Å². The third kappa shape index (κ3) is 3.30. The van der Waals surface area contributed by atoms with Gasteiger partial charge in [-0.05, 0) is 37.1 Å². The lowest BCUT2D eigenvalue weighted by molar-refractivity contribution is 0.500. The molecule has 0 aliphatic carbocycles. The van der Waals surface area contributed by atoms with E-state index in [2.05, 4.69) is 15.4 Å². The number of nitrogens with two attached hydrogens (primary N) is 1. The Morgan fingerprint density at radius 2 is 2.05 bits per heavy atom. The van der Waals surface area contributed by atoms with E-state index in [9.17, 15) is 8.78 Å². The topological polar surface area (TPSA) is 63.8 Å². The highest BCUT2D eigenvalue weighted by atomic mass is 19.2. The van der Waals surface area contributed by atoms with Crippen molar-refractivity contribution < 1.29 is 8.78 Å². The highest BCUT2D eigenvalue weighted by Crippen LogP contribution is 2.17. The average molecular weight is 264 g/mol. The Bertz CT molecular complexity index is 574. The molecule has 3 N–H and O–H groups in total. The minimum Gasteiger partial charge on any atom is -0.271 e. The fourth-order valence-electron chi connectivity index (χ4n) is 1.82. The van der Waals surface area contributed by atoms with Crippen molar-refractivity contribution in [3.8, 4) is 0 Å². The largest absolute Gasteiger partial charge is 0.271 e. The predicted molar refractivity (Wildman–Crippen MR) is 66.9 cm³/mol. The van der Waals surface area contributed by atoms with Crippen LogP contribution in [0.4, 0.5) is 8.78 Å². The first kappa shape index (κ1) is 13.5. The molecule has 0 bridgehead atoms. The number of aromatic nitrogens is 2. The molecule has 0 saturated carbocycles. The molecule has 1 unspecified atom stereocenters. The molecule has 1 atom stereocenters. The Hall–Kier alpha value is -1.92. The summed E-state index contributed by atoms with van der Waals surface area (Å²) in [6.07, 6.45) is 2.04. The molecule has 1 aromatic heterocycles. The third-order valence-electron chi connectivity index (χ3n) is 2.78. The van der Waals surface area contributed by atoms with E-state index in [1.807, 2.05) is 0 Å². The van der Waals surface area contributed by atoms with Gasteiger partial charge in [0.2, 0.25) is 0 Å². The lowest BCUT2D eigenvalue weighted by atomic mass is 10.0.